The molecule has 0 fully saturated rings. The van der Waals surface area contributed by atoms with E-state index >= 15 is 0 Å². The topological polar surface area (TPSA) is 85.2 Å². The molecular formula is C23H26N4O2. The number of rotatable bonds is 5. The molecular weight excluding hydrogens is 364 g/mol. The van der Waals surface area contributed by atoms with Crippen LogP contribution in [0.25, 0.3) is 11.4 Å². The zero-order chi connectivity index (χ0) is 20.4. The van der Waals surface area contributed by atoms with Crippen LogP contribution >= 0.6 is 0 Å². The Bertz CT molecular complexity index is 994. The third kappa shape index (κ3) is 4.07. The van der Waals surface area contributed by atoms with Crippen LogP contribution in [-0.4, -0.2) is 20.9 Å². The molecule has 0 aliphatic carbocycles. The quantitative estimate of drug-likeness (QED) is 0.715. The summed E-state index contributed by atoms with van der Waals surface area (Å²) >= 11 is 0. The molecule has 3 aromatic rings. The second kappa shape index (κ2) is 8.17. The number of carbonyl (C=O) groups excluding carboxylic acids is 1. The van der Waals surface area contributed by atoms with Gasteiger partial charge in [0.25, 0.3) is 0 Å². The highest BCUT2D eigenvalue weighted by atomic mass is 16.5. The fourth-order valence-corrected chi connectivity index (χ4v) is 3.75. The van der Waals surface area contributed by atoms with Gasteiger partial charge in [-0.3, -0.25) is 4.79 Å². The standard InChI is InChI=1S/C23H26N4O2/c1-15(2)11-21(28)27-14-19-6-4-3-5-18(19)12-20(27)23-25-22(26-29-23)17-9-7-16(13-24)8-10-17/h3-10,15,20H,11-14,24H2,1-2H3. The van der Waals surface area contributed by atoms with Crippen molar-refractivity contribution in [2.75, 3.05) is 0 Å². The Morgan fingerprint density at radius 2 is 1.90 bits per heavy atom. The first-order valence-corrected chi connectivity index (χ1v) is 10.0. The molecule has 29 heavy (non-hydrogen) atoms. The maximum atomic E-state index is 13.0. The molecule has 6 heteroatoms. The van der Waals surface area contributed by atoms with E-state index in [9.17, 15) is 4.79 Å². The van der Waals surface area contributed by atoms with Crippen molar-refractivity contribution in [2.45, 2.75) is 45.8 Å². The van der Waals surface area contributed by atoms with Crippen LogP contribution in [-0.2, 0) is 24.3 Å². The molecule has 2 heterocycles. The predicted octanol–water partition coefficient (Wildman–Crippen LogP) is 3.87. The van der Waals surface area contributed by atoms with Crippen molar-refractivity contribution < 1.29 is 9.32 Å². The smallest absolute Gasteiger partial charge is 0.250 e. The maximum Gasteiger partial charge on any atom is 0.250 e. The van der Waals surface area contributed by atoms with Gasteiger partial charge in [-0.2, -0.15) is 4.98 Å². The first kappa shape index (κ1) is 19.3. The molecule has 1 aliphatic rings. The van der Waals surface area contributed by atoms with E-state index in [0.29, 0.717) is 43.6 Å². The van der Waals surface area contributed by atoms with Gasteiger partial charge in [-0.1, -0.05) is 67.5 Å². The summed E-state index contributed by atoms with van der Waals surface area (Å²) in [6.45, 7) is 5.17. The zero-order valence-electron chi connectivity index (χ0n) is 16.8. The molecule has 1 unspecified atom stereocenters. The first-order chi connectivity index (χ1) is 14.0. The monoisotopic (exact) mass is 390 g/mol. The molecule has 0 saturated carbocycles. The van der Waals surface area contributed by atoms with E-state index in [4.69, 9.17) is 10.3 Å². The van der Waals surface area contributed by atoms with Crippen molar-refractivity contribution in [2.24, 2.45) is 11.7 Å². The second-order valence-electron chi connectivity index (χ2n) is 7.97. The minimum absolute atomic E-state index is 0.117. The van der Waals surface area contributed by atoms with Gasteiger partial charge in [0.05, 0.1) is 0 Å². The molecule has 6 nitrogen and oxygen atoms in total. The highest BCUT2D eigenvalue weighted by Gasteiger charge is 2.34. The van der Waals surface area contributed by atoms with E-state index in [1.807, 2.05) is 41.3 Å². The lowest BCUT2D eigenvalue weighted by Gasteiger charge is -2.35. The number of benzene rings is 2. The van der Waals surface area contributed by atoms with Crippen LogP contribution in [0, 0.1) is 5.92 Å². The number of nitrogens with zero attached hydrogens (tertiary/aromatic N) is 3. The van der Waals surface area contributed by atoms with Crippen LogP contribution in [0.5, 0.6) is 0 Å². The van der Waals surface area contributed by atoms with E-state index in [-0.39, 0.29) is 11.9 Å². The molecule has 0 saturated heterocycles. The third-order valence-electron chi connectivity index (χ3n) is 5.33. The molecule has 1 atom stereocenters. The van der Waals surface area contributed by atoms with Crippen LogP contribution in [0.2, 0.25) is 0 Å². The summed E-state index contributed by atoms with van der Waals surface area (Å²) in [5.41, 5.74) is 9.99. The fraction of sp³-hybridized carbons (Fsp3) is 0.348. The summed E-state index contributed by atoms with van der Waals surface area (Å²) in [5, 5.41) is 4.17. The molecule has 1 aromatic heterocycles. The van der Waals surface area contributed by atoms with Crippen molar-refractivity contribution in [3.63, 3.8) is 0 Å². The minimum Gasteiger partial charge on any atom is -0.337 e. The van der Waals surface area contributed by atoms with E-state index in [1.165, 1.54) is 11.1 Å². The Hall–Kier alpha value is -2.99. The van der Waals surface area contributed by atoms with Crippen LogP contribution in [0.1, 0.15) is 48.9 Å². The number of amides is 1. The molecule has 2 aromatic carbocycles. The number of nitrogens with two attached hydrogens (primary N) is 1. The fourth-order valence-electron chi connectivity index (χ4n) is 3.75. The Morgan fingerprint density at radius 1 is 1.17 bits per heavy atom. The summed E-state index contributed by atoms with van der Waals surface area (Å²) in [5.74, 6) is 1.42. The normalized spacial score (nSPS) is 16.1. The third-order valence-corrected chi connectivity index (χ3v) is 5.33. The lowest BCUT2D eigenvalue weighted by atomic mass is 9.93. The number of hydrogen-bond donors (Lipinski definition) is 1. The highest BCUT2D eigenvalue weighted by molar-refractivity contribution is 5.77. The zero-order valence-corrected chi connectivity index (χ0v) is 16.8. The van der Waals surface area contributed by atoms with E-state index in [0.717, 1.165) is 11.1 Å². The molecule has 1 aliphatic heterocycles. The summed E-state index contributed by atoms with van der Waals surface area (Å²) in [7, 11) is 0. The van der Waals surface area contributed by atoms with Gasteiger partial charge >= 0.3 is 0 Å². The van der Waals surface area contributed by atoms with Gasteiger partial charge in [0.1, 0.15) is 6.04 Å². The Labute approximate surface area is 170 Å². The molecule has 4 rings (SSSR count). The lowest BCUT2D eigenvalue weighted by molar-refractivity contribution is -0.136. The lowest BCUT2D eigenvalue weighted by Crippen LogP contribution is -2.39. The van der Waals surface area contributed by atoms with Crippen LogP contribution in [0.3, 0.4) is 0 Å². The summed E-state index contributed by atoms with van der Waals surface area (Å²) in [4.78, 5) is 19.5. The second-order valence-corrected chi connectivity index (χ2v) is 7.97. The van der Waals surface area contributed by atoms with Crippen molar-refractivity contribution in [3.05, 3.63) is 71.1 Å². The largest absolute Gasteiger partial charge is 0.337 e. The van der Waals surface area contributed by atoms with Gasteiger partial charge in [-0.15, -0.1) is 0 Å². The average molecular weight is 390 g/mol. The van der Waals surface area contributed by atoms with Gasteiger partial charge in [-0.25, -0.2) is 0 Å². The molecule has 0 radical (unpaired) electrons. The van der Waals surface area contributed by atoms with Gasteiger partial charge in [0.15, 0.2) is 0 Å². The number of aromatic nitrogens is 2. The maximum absolute atomic E-state index is 13.0. The van der Waals surface area contributed by atoms with Crippen LogP contribution in [0.15, 0.2) is 53.1 Å². The minimum atomic E-state index is -0.249. The molecule has 150 valence electrons. The van der Waals surface area contributed by atoms with E-state index in [2.05, 4.69) is 36.1 Å². The Morgan fingerprint density at radius 3 is 2.59 bits per heavy atom. The Balaban J connectivity index is 1.65. The summed E-state index contributed by atoms with van der Waals surface area (Å²) in [6, 6.07) is 15.8. The van der Waals surface area contributed by atoms with Crippen molar-refractivity contribution >= 4 is 5.91 Å². The van der Waals surface area contributed by atoms with Crippen LogP contribution < -0.4 is 5.73 Å². The van der Waals surface area contributed by atoms with Crippen molar-refractivity contribution in [3.8, 4) is 11.4 Å². The molecule has 0 spiro atoms. The molecule has 2 N–H and O–H groups in total. The van der Waals surface area contributed by atoms with Gasteiger partial charge in [-0.05, 0) is 22.6 Å². The SMILES string of the molecule is CC(C)CC(=O)N1Cc2ccccc2CC1c1nc(-c2ccc(CN)cc2)no1. The molecule has 1 amide bonds. The van der Waals surface area contributed by atoms with Gasteiger partial charge in [0.2, 0.25) is 17.6 Å². The molecule has 0 bridgehead atoms. The average Bonchev–Trinajstić information content (AvgIpc) is 3.22. The summed E-state index contributed by atoms with van der Waals surface area (Å²) < 4.78 is 5.64. The van der Waals surface area contributed by atoms with E-state index in [1.54, 1.807) is 0 Å². The number of hydrogen-bond acceptors (Lipinski definition) is 5. The number of fused-ring (bicyclic) bond motifs is 1. The van der Waals surface area contributed by atoms with Gasteiger partial charge < -0.3 is 15.2 Å². The number of carbonyl (C=O) groups is 1. The van der Waals surface area contributed by atoms with Crippen molar-refractivity contribution in [1.82, 2.24) is 15.0 Å². The van der Waals surface area contributed by atoms with E-state index < -0.39 is 0 Å². The Kier molecular flexibility index (Phi) is 5.45. The summed E-state index contributed by atoms with van der Waals surface area (Å²) in [6.07, 6.45) is 1.17. The van der Waals surface area contributed by atoms with Crippen molar-refractivity contribution in [1.29, 1.82) is 0 Å². The first-order valence-electron chi connectivity index (χ1n) is 10.0. The van der Waals surface area contributed by atoms with Crippen LogP contribution in [0.4, 0.5) is 0 Å². The highest BCUT2D eigenvalue weighted by Crippen LogP contribution is 2.34. The predicted molar refractivity (Wildman–Crippen MR) is 111 cm³/mol. The van der Waals surface area contributed by atoms with Gasteiger partial charge in [0, 0.05) is 31.5 Å².